The number of methoxy groups -OCH3 is 1. The van der Waals surface area contributed by atoms with Crippen molar-refractivity contribution in [3.8, 4) is 11.5 Å². The molecule has 3 aromatic carbocycles. The van der Waals surface area contributed by atoms with E-state index in [1.807, 2.05) is 57.1 Å². The maximum Gasteiger partial charge on any atom is 0.300 e. The molecule has 0 spiro atoms. The molecule has 1 fully saturated rings. The molecule has 0 radical (unpaired) electrons. The molecule has 7 heteroatoms. The van der Waals surface area contributed by atoms with E-state index in [2.05, 4.69) is 0 Å². The minimum Gasteiger partial charge on any atom is -0.507 e. The predicted octanol–water partition coefficient (Wildman–Crippen LogP) is 5.17. The van der Waals surface area contributed by atoms with Gasteiger partial charge in [0.2, 0.25) is 0 Å². The second-order valence-electron chi connectivity index (χ2n) is 9.02. The van der Waals surface area contributed by atoms with Crippen molar-refractivity contribution in [1.82, 2.24) is 0 Å². The lowest BCUT2D eigenvalue weighted by Gasteiger charge is -2.26. The number of hydrogen-bond donors (Lipinski definition) is 1. The molecule has 1 aliphatic heterocycles. The Hall–Kier alpha value is -4.26. The number of para-hydroxylation sites is 1. The average Bonchev–Trinajstić information content (AvgIpc) is 3.14. The molecule has 1 N–H and O–H groups in total. The molecule has 36 heavy (non-hydrogen) atoms. The molecule has 0 saturated carbocycles. The number of ketones is 1. The van der Waals surface area contributed by atoms with Crippen LogP contribution in [0, 0.1) is 0 Å². The highest BCUT2D eigenvalue weighted by Gasteiger charge is 2.47. The van der Waals surface area contributed by atoms with Crippen LogP contribution < -0.4 is 19.3 Å². The molecule has 1 saturated heterocycles. The van der Waals surface area contributed by atoms with E-state index in [1.165, 1.54) is 12.0 Å². The zero-order valence-electron chi connectivity index (χ0n) is 21.1. The predicted molar refractivity (Wildman–Crippen MR) is 141 cm³/mol. The molecular formula is C29H30N2O5. The Morgan fingerprint density at radius 3 is 2.17 bits per heavy atom. The Morgan fingerprint density at radius 1 is 0.944 bits per heavy atom. The fraction of sp³-hybridized carbons (Fsp3) is 0.241. The second-order valence-corrected chi connectivity index (χ2v) is 9.02. The molecule has 1 heterocycles. The number of ether oxygens (including phenoxy) is 2. The summed E-state index contributed by atoms with van der Waals surface area (Å²) in [6.45, 7) is 3.88. The number of hydrogen-bond acceptors (Lipinski definition) is 6. The molecule has 7 nitrogen and oxygen atoms in total. The molecule has 1 aliphatic rings. The van der Waals surface area contributed by atoms with Gasteiger partial charge in [-0.05, 0) is 67.9 Å². The number of Topliss-reactive ketones (excluding diaryl/α,β-unsaturated/α-hetero) is 1. The van der Waals surface area contributed by atoms with Gasteiger partial charge < -0.3 is 19.5 Å². The van der Waals surface area contributed by atoms with Gasteiger partial charge in [0.05, 0.1) is 30.4 Å². The van der Waals surface area contributed by atoms with E-state index in [9.17, 15) is 14.7 Å². The Labute approximate surface area is 211 Å². The number of rotatable bonds is 7. The van der Waals surface area contributed by atoms with Crippen LogP contribution in [-0.4, -0.2) is 44.1 Å². The lowest BCUT2D eigenvalue weighted by Crippen LogP contribution is -2.29. The first-order valence-electron chi connectivity index (χ1n) is 11.7. The topological polar surface area (TPSA) is 79.3 Å². The second kappa shape index (κ2) is 10.2. The van der Waals surface area contributed by atoms with Crippen molar-refractivity contribution < 1.29 is 24.2 Å². The third-order valence-corrected chi connectivity index (χ3v) is 6.02. The number of carbonyl (C=O) groups is 2. The molecule has 4 rings (SSSR count). The van der Waals surface area contributed by atoms with Gasteiger partial charge >= 0.3 is 0 Å². The summed E-state index contributed by atoms with van der Waals surface area (Å²) in [5, 5.41) is 11.4. The largest absolute Gasteiger partial charge is 0.507 e. The van der Waals surface area contributed by atoms with Crippen LogP contribution in [0.15, 0.2) is 78.4 Å². The SMILES string of the molecule is COc1ccccc1/C(O)=C1/C(=O)C(=O)N(c2ccc(N(C)C)cc2)C1c1ccc(OC(C)C)cc1. The van der Waals surface area contributed by atoms with E-state index in [0.29, 0.717) is 28.3 Å². The minimum atomic E-state index is -0.840. The molecule has 1 amide bonds. The first-order chi connectivity index (χ1) is 17.2. The number of carbonyl (C=O) groups excluding carboxylic acids is 2. The number of anilines is 2. The Balaban J connectivity index is 1.90. The van der Waals surface area contributed by atoms with Gasteiger partial charge in [0.1, 0.15) is 17.3 Å². The maximum absolute atomic E-state index is 13.4. The summed E-state index contributed by atoms with van der Waals surface area (Å²) in [7, 11) is 5.34. The van der Waals surface area contributed by atoms with Crippen molar-refractivity contribution >= 4 is 28.8 Å². The van der Waals surface area contributed by atoms with Gasteiger partial charge in [0.15, 0.2) is 0 Å². The van der Waals surface area contributed by atoms with Gasteiger partial charge in [-0.1, -0.05) is 24.3 Å². The van der Waals surface area contributed by atoms with E-state index in [0.717, 1.165) is 5.69 Å². The number of nitrogens with zero attached hydrogens (tertiary/aromatic N) is 2. The molecule has 0 aliphatic carbocycles. The molecule has 3 aromatic rings. The summed E-state index contributed by atoms with van der Waals surface area (Å²) in [6, 6.07) is 20.6. The van der Waals surface area contributed by atoms with Crippen molar-refractivity contribution in [2.75, 3.05) is 31.0 Å². The van der Waals surface area contributed by atoms with Gasteiger partial charge in [0.25, 0.3) is 11.7 Å². The van der Waals surface area contributed by atoms with Crippen molar-refractivity contribution in [3.63, 3.8) is 0 Å². The van der Waals surface area contributed by atoms with Crippen LogP contribution in [0.25, 0.3) is 5.76 Å². The van der Waals surface area contributed by atoms with Gasteiger partial charge in [-0.25, -0.2) is 0 Å². The van der Waals surface area contributed by atoms with E-state index in [4.69, 9.17) is 9.47 Å². The Kier molecular flexibility index (Phi) is 7.01. The van der Waals surface area contributed by atoms with E-state index >= 15 is 0 Å². The number of aliphatic hydroxyl groups is 1. The molecule has 1 unspecified atom stereocenters. The summed E-state index contributed by atoms with van der Waals surface area (Å²) in [6.07, 6.45) is 0.00208. The first-order valence-corrected chi connectivity index (χ1v) is 11.7. The van der Waals surface area contributed by atoms with Crippen LogP contribution in [0.1, 0.15) is 31.0 Å². The standard InChI is InChI=1S/C29H30N2O5/c1-18(2)36-22-16-10-19(11-17-22)26-25(27(32)23-8-6-7-9-24(23)35-5)28(33)29(34)31(26)21-14-12-20(13-15-21)30(3)4/h6-18,26,32H,1-5H3/b27-25-. The van der Waals surface area contributed by atoms with Gasteiger partial charge in [-0.15, -0.1) is 0 Å². The number of amides is 1. The maximum atomic E-state index is 13.4. The van der Waals surface area contributed by atoms with E-state index in [-0.39, 0.29) is 17.4 Å². The zero-order valence-corrected chi connectivity index (χ0v) is 21.1. The minimum absolute atomic E-state index is 0.00119. The Bertz CT molecular complexity index is 1290. The third-order valence-electron chi connectivity index (χ3n) is 6.02. The van der Waals surface area contributed by atoms with Crippen molar-refractivity contribution in [3.05, 3.63) is 89.5 Å². The van der Waals surface area contributed by atoms with Crippen molar-refractivity contribution in [2.24, 2.45) is 0 Å². The molecule has 0 aromatic heterocycles. The third kappa shape index (κ3) is 4.64. The first kappa shape index (κ1) is 24.9. The van der Waals surface area contributed by atoms with Crippen molar-refractivity contribution in [1.29, 1.82) is 0 Å². The van der Waals surface area contributed by atoms with Gasteiger partial charge in [0, 0.05) is 25.5 Å². The highest BCUT2D eigenvalue weighted by Crippen LogP contribution is 2.43. The summed E-state index contributed by atoms with van der Waals surface area (Å²) in [5.41, 5.74) is 2.51. The molecule has 186 valence electrons. The van der Waals surface area contributed by atoms with Crippen LogP contribution in [0.5, 0.6) is 11.5 Å². The molecule has 1 atom stereocenters. The fourth-order valence-corrected chi connectivity index (χ4v) is 4.31. The van der Waals surface area contributed by atoms with Crippen LogP contribution in [0.4, 0.5) is 11.4 Å². The van der Waals surface area contributed by atoms with Crippen LogP contribution in [0.3, 0.4) is 0 Å². The quantitative estimate of drug-likeness (QED) is 0.282. The van der Waals surface area contributed by atoms with Gasteiger partial charge in [-0.3, -0.25) is 14.5 Å². The highest BCUT2D eigenvalue weighted by molar-refractivity contribution is 6.51. The average molecular weight is 487 g/mol. The Morgan fingerprint density at radius 2 is 1.58 bits per heavy atom. The number of aliphatic hydroxyl groups excluding tert-OH is 1. The molecule has 0 bridgehead atoms. The van der Waals surface area contributed by atoms with E-state index < -0.39 is 17.7 Å². The molecular weight excluding hydrogens is 456 g/mol. The summed E-state index contributed by atoms with van der Waals surface area (Å²) < 4.78 is 11.2. The highest BCUT2D eigenvalue weighted by atomic mass is 16.5. The van der Waals surface area contributed by atoms with Crippen molar-refractivity contribution in [2.45, 2.75) is 26.0 Å². The summed E-state index contributed by atoms with van der Waals surface area (Å²) >= 11 is 0. The van der Waals surface area contributed by atoms with Gasteiger partial charge in [-0.2, -0.15) is 0 Å². The smallest absolute Gasteiger partial charge is 0.300 e. The van der Waals surface area contributed by atoms with Crippen LogP contribution >= 0.6 is 0 Å². The number of benzene rings is 3. The monoisotopic (exact) mass is 486 g/mol. The summed E-state index contributed by atoms with van der Waals surface area (Å²) in [4.78, 5) is 30.2. The summed E-state index contributed by atoms with van der Waals surface area (Å²) in [5.74, 6) is -0.688. The normalized spacial score (nSPS) is 16.9. The van der Waals surface area contributed by atoms with Crippen LogP contribution in [-0.2, 0) is 9.59 Å². The lowest BCUT2D eigenvalue weighted by atomic mass is 9.94. The van der Waals surface area contributed by atoms with Crippen LogP contribution in [0.2, 0.25) is 0 Å². The fourth-order valence-electron chi connectivity index (χ4n) is 4.31. The zero-order chi connectivity index (χ0) is 26.0. The van der Waals surface area contributed by atoms with E-state index in [1.54, 1.807) is 48.5 Å². The lowest BCUT2D eigenvalue weighted by molar-refractivity contribution is -0.132.